The third kappa shape index (κ3) is 9.33. The van der Waals surface area contributed by atoms with E-state index in [1.54, 1.807) is 0 Å². The molecule has 0 aromatic heterocycles. The SMILES string of the molecule is CCC(OCCCCC(C)COC(CC)OC1(CC)OCC(C)O1)OC1(CC)OCC(C)O1. The van der Waals surface area contributed by atoms with Gasteiger partial charge in [0.25, 0.3) is 11.9 Å². The van der Waals surface area contributed by atoms with Crippen LogP contribution in [0, 0.1) is 5.92 Å². The zero-order valence-corrected chi connectivity index (χ0v) is 21.9. The molecule has 2 rings (SSSR count). The van der Waals surface area contributed by atoms with Crippen molar-refractivity contribution in [2.75, 3.05) is 26.4 Å². The van der Waals surface area contributed by atoms with E-state index in [1.807, 2.05) is 41.5 Å². The second-order valence-corrected chi connectivity index (χ2v) is 9.27. The van der Waals surface area contributed by atoms with Crippen LogP contribution in [0.25, 0.3) is 0 Å². The molecule has 0 aromatic rings. The summed E-state index contributed by atoms with van der Waals surface area (Å²) in [5.74, 6) is -1.51. The topological polar surface area (TPSA) is 73.8 Å². The normalized spacial score (nSPS) is 32.8. The number of rotatable bonds is 17. The molecule has 33 heavy (non-hydrogen) atoms. The average molecular weight is 477 g/mol. The fraction of sp³-hybridized carbons (Fsp3) is 1.00. The molecule has 0 spiro atoms. The lowest BCUT2D eigenvalue weighted by Crippen LogP contribution is -2.39. The van der Waals surface area contributed by atoms with Gasteiger partial charge in [-0.3, -0.25) is 9.47 Å². The molecule has 0 bridgehead atoms. The molecular weight excluding hydrogens is 428 g/mol. The smallest absolute Gasteiger partial charge is 0.285 e. The molecule has 8 heteroatoms. The summed E-state index contributed by atoms with van der Waals surface area (Å²) in [6.07, 6.45) is 5.25. The van der Waals surface area contributed by atoms with Crippen molar-refractivity contribution in [3.63, 3.8) is 0 Å². The minimum atomic E-state index is -0.971. The van der Waals surface area contributed by atoms with Gasteiger partial charge in [0.1, 0.15) is 0 Å². The van der Waals surface area contributed by atoms with Gasteiger partial charge in [-0.25, -0.2) is 0 Å². The van der Waals surface area contributed by atoms with Crippen LogP contribution in [0.3, 0.4) is 0 Å². The Morgan fingerprint density at radius 2 is 1.30 bits per heavy atom. The maximum Gasteiger partial charge on any atom is 0.285 e. The summed E-state index contributed by atoms with van der Waals surface area (Å²) < 4.78 is 47.3. The number of hydrogen-bond donors (Lipinski definition) is 0. The third-order valence-electron chi connectivity index (χ3n) is 5.95. The lowest BCUT2D eigenvalue weighted by Gasteiger charge is -2.31. The predicted molar refractivity (Wildman–Crippen MR) is 124 cm³/mol. The Morgan fingerprint density at radius 1 is 0.788 bits per heavy atom. The van der Waals surface area contributed by atoms with Crippen molar-refractivity contribution in [2.24, 2.45) is 5.92 Å². The molecule has 2 heterocycles. The number of ether oxygens (including phenoxy) is 8. The van der Waals surface area contributed by atoms with Crippen molar-refractivity contribution < 1.29 is 37.9 Å². The summed E-state index contributed by atoms with van der Waals surface area (Å²) in [6.45, 7) is 16.6. The summed E-state index contributed by atoms with van der Waals surface area (Å²) in [5, 5.41) is 0. The molecule has 0 radical (unpaired) electrons. The standard InChI is InChI=1S/C25H48O8/c1-8-22(32-24(10-3)28-17-20(6)30-24)26-15-13-12-14-19(5)16-27-23(9-2)33-25(11-4)29-18-21(7)31-25/h19-23H,8-18H2,1-7H3. The Kier molecular flexibility index (Phi) is 12.5. The summed E-state index contributed by atoms with van der Waals surface area (Å²) >= 11 is 0. The van der Waals surface area contributed by atoms with Crippen LogP contribution in [-0.4, -0.2) is 63.2 Å². The van der Waals surface area contributed by atoms with Gasteiger partial charge in [-0.1, -0.05) is 41.0 Å². The highest BCUT2D eigenvalue weighted by atomic mass is 16.9. The first kappa shape index (κ1) is 28.9. The molecule has 0 aromatic carbocycles. The first-order valence-corrected chi connectivity index (χ1v) is 13.0. The Hall–Kier alpha value is -0.320. The van der Waals surface area contributed by atoms with Gasteiger partial charge in [-0.15, -0.1) is 0 Å². The highest BCUT2D eigenvalue weighted by molar-refractivity contribution is 4.69. The maximum atomic E-state index is 6.06. The molecule has 0 N–H and O–H groups in total. The molecule has 0 aliphatic carbocycles. The van der Waals surface area contributed by atoms with Crippen molar-refractivity contribution in [1.82, 2.24) is 0 Å². The second-order valence-electron chi connectivity index (χ2n) is 9.27. The van der Waals surface area contributed by atoms with E-state index in [0.717, 1.165) is 32.1 Å². The van der Waals surface area contributed by atoms with Gasteiger partial charge in [-0.2, -0.15) is 0 Å². The van der Waals surface area contributed by atoms with Crippen molar-refractivity contribution in [2.45, 2.75) is 130 Å². The van der Waals surface area contributed by atoms with E-state index in [9.17, 15) is 0 Å². The molecule has 2 saturated heterocycles. The minimum Gasteiger partial charge on any atom is -0.352 e. The van der Waals surface area contributed by atoms with Crippen molar-refractivity contribution in [1.29, 1.82) is 0 Å². The van der Waals surface area contributed by atoms with E-state index < -0.39 is 11.9 Å². The third-order valence-corrected chi connectivity index (χ3v) is 5.95. The van der Waals surface area contributed by atoms with E-state index in [4.69, 9.17) is 37.9 Å². The van der Waals surface area contributed by atoms with Crippen LogP contribution >= 0.6 is 0 Å². The van der Waals surface area contributed by atoms with Crippen LogP contribution < -0.4 is 0 Å². The van der Waals surface area contributed by atoms with E-state index in [0.29, 0.717) is 45.2 Å². The van der Waals surface area contributed by atoms with E-state index in [1.165, 1.54) is 0 Å². The molecule has 196 valence electrons. The zero-order valence-electron chi connectivity index (χ0n) is 21.9. The fourth-order valence-electron chi connectivity index (χ4n) is 3.93. The largest absolute Gasteiger partial charge is 0.352 e. The van der Waals surface area contributed by atoms with Crippen LogP contribution in [0.1, 0.15) is 93.4 Å². The van der Waals surface area contributed by atoms with Crippen LogP contribution in [0.4, 0.5) is 0 Å². The van der Waals surface area contributed by atoms with Gasteiger partial charge < -0.3 is 28.4 Å². The molecule has 2 aliphatic rings. The lowest BCUT2D eigenvalue weighted by atomic mass is 10.1. The van der Waals surface area contributed by atoms with Gasteiger partial charge in [0, 0.05) is 19.4 Å². The minimum absolute atomic E-state index is 0.0376. The molecule has 0 amide bonds. The molecule has 8 nitrogen and oxygen atoms in total. The summed E-state index contributed by atoms with van der Waals surface area (Å²) in [7, 11) is 0. The first-order chi connectivity index (χ1) is 15.8. The highest BCUT2D eigenvalue weighted by Gasteiger charge is 2.43. The zero-order chi connectivity index (χ0) is 24.3. The number of hydrogen-bond acceptors (Lipinski definition) is 8. The first-order valence-electron chi connectivity index (χ1n) is 13.0. The predicted octanol–water partition coefficient (Wildman–Crippen LogP) is 5.33. The van der Waals surface area contributed by atoms with Crippen LogP contribution in [0.15, 0.2) is 0 Å². The quantitative estimate of drug-likeness (QED) is 0.206. The van der Waals surface area contributed by atoms with Crippen LogP contribution in [-0.2, 0) is 37.9 Å². The lowest BCUT2D eigenvalue weighted by molar-refractivity contribution is -0.387. The Labute approximate surface area is 200 Å². The van der Waals surface area contributed by atoms with Crippen LogP contribution in [0.2, 0.25) is 0 Å². The molecular formula is C25H48O8. The molecule has 0 saturated carbocycles. The van der Waals surface area contributed by atoms with Gasteiger partial charge >= 0.3 is 0 Å². The van der Waals surface area contributed by atoms with Crippen LogP contribution in [0.5, 0.6) is 0 Å². The fourth-order valence-corrected chi connectivity index (χ4v) is 3.93. The van der Waals surface area contributed by atoms with Gasteiger partial charge in [0.15, 0.2) is 12.6 Å². The van der Waals surface area contributed by atoms with Crippen molar-refractivity contribution in [3.8, 4) is 0 Å². The summed E-state index contributed by atoms with van der Waals surface area (Å²) in [6, 6.07) is 0. The Morgan fingerprint density at radius 3 is 1.73 bits per heavy atom. The second kappa shape index (κ2) is 14.3. The van der Waals surface area contributed by atoms with E-state index in [-0.39, 0.29) is 24.8 Å². The highest BCUT2D eigenvalue weighted by Crippen LogP contribution is 2.31. The van der Waals surface area contributed by atoms with Crippen molar-refractivity contribution >= 4 is 0 Å². The monoisotopic (exact) mass is 476 g/mol. The maximum absolute atomic E-state index is 6.06. The molecule has 2 aliphatic heterocycles. The van der Waals surface area contributed by atoms with Gasteiger partial charge in [0.2, 0.25) is 0 Å². The Balaban J connectivity index is 1.61. The van der Waals surface area contributed by atoms with Crippen molar-refractivity contribution in [3.05, 3.63) is 0 Å². The van der Waals surface area contributed by atoms with Gasteiger partial charge in [-0.05, 0) is 45.4 Å². The summed E-state index contributed by atoms with van der Waals surface area (Å²) in [4.78, 5) is 0. The molecule has 7 unspecified atom stereocenters. The van der Waals surface area contributed by atoms with Gasteiger partial charge in [0.05, 0.1) is 32.0 Å². The molecule has 7 atom stereocenters. The Bertz CT molecular complexity index is 535. The van der Waals surface area contributed by atoms with E-state index in [2.05, 4.69) is 6.92 Å². The summed E-state index contributed by atoms with van der Waals surface area (Å²) in [5.41, 5.74) is 0. The molecule has 2 fully saturated rings. The average Bonchev–Trinajstić information content (AvgIpc) is 3.38. The number of unbranched alkanes of at least 4 members (excludes halogenated alkanes) is 1. The van der Waals surface area contributed by atoms with E-state index >= 15 is 0 Å².